The van der Waals surface area contributed by atoms with Gasteiger partial charge in [-0.05, 0) is 66.6 Å². The van der Waals surface area contributed by atoms with Crippen molar-refractivity contribution in [3.8, 4) is 0 Å². The Morgan fingerprint density at radius 2 is 2.29 bits per heavy atom. The number of rotatable bonds is 6. The maximum Gasteiger partial charge on any atom is 0.0701 e. The lowest BCUT2D eigenvalue weighted by Gasteiger charge is -2.36. The Labute approximate surface area is 116 Å². The van der Waals surface area contributed by atoms with E-state index in [0.717, 1.165) is 25.4 Å². The van der Waals surface area contributed by atoms with E-state index in [9.17, 15) is 0 Å². The zero-order valence-electron chi connectivity index (χ0n) is 10.2. The first kappa shape index (κ1) is 13.5. The van der Waals surface area contributed by atoms with E-state index in [4.69, 9.17) is 10.5 Å². The first-order valence-electron chi connectivity index (χ1n) is 6.28. The number of hydrogen-bond donors (Lipinski definition) is 1. The van der Waals surface area contributed by atoms with Gasteiger partial charge in [-0.1, -0.05) is 0 Å². The first-order valence-corrected chi connectivity index (χ1v) is 7.89. The van der Waals surface area contributed by atoms with Crippen molar-refractivity contribution in [3.63, 3.8) is 0 Å². The Kier molecular flexibility index (Phi) is 5.03. The van der Waals surface area contributed by atoms with Crippen molar-refractivity contribution in [3.05, 3.63) is 20.8 Å². The van der Waals surface area contributed by atoms with Crippen LogP contribution in [-0.2, 0) is 11.2 Å². The minimum absolute atomic E-state index is 0.299. The number of thiophene rings is 1. The maximum absolute atomic E-state index is 6.20. The molecule has 1 atom stereocenters. The lowest BCUT2D eigenvalue weighted by Crippen LogP contribution is -2.36. The van der Waals surface area contributed by atoms with Gasteiger partial charge in [-0.2, -0.15) is 0 Å². The van der Waals surface area contributed by atoms with E-state index in [1.54, 1.807) is 11.3 Å². The van der Waals surface area contributed by atoms with Crippen LogP contribution in [0.15, 0.2) is 15.9 Å². The highest BCUT2D eigenvalue weighted by atomic mass is 79.9. The van der Waals surface area contributed by atoms with Crippen molar-refractivity contribution in [2.45, 2.75) is 44.8 Å². The Balaban J connectivity index is 1.67. The molecule has 4 heteroatoms. The van der Waals surface area contributed by atoms with Gasteiger partial charge in [0, 0.05) is 17.5 Å². The van der Waals surface area contributed by atoms with Gasteiger partial charge in [-0.25, -0.2) is 0 Å². The summed E-state index contributed by atoms with van der Waals surface area (Å²) in [5, 5.41) is 0. The Morgan fingerprint density at radius 1 is 1.53 bits per heavy atom. The third-order valence-electron chi connectivity index (χ3n) is 3.32. The van der Waals surface area contributed by atoms with Crippen LogP contribution in [0.25, 0.3) is 0 Å². The minimum atomic E-state index is 0.299. The fourth-order valence-electron chi connectivity index (χ4n) is 2.47. The second-order valence-corrected chi connectivity index (χ2v) is 7.37. The van der Waals surface area contributed by atoms with Crippen LogP contribution in [0, 0.1) is 5.92 Å². The fraction of sp³-hybridized carbons (Fsp3) is 0.692. The molecule has 0 aliphatic heterocycles. The van der Waals surface area contributed by atoms with Crippen LogP contribution in [-0.4, -0.2) is 18.8 Å². The van der Waals surface area contributed by atoms with Crippen molar-refractivity contribution in [1.82, 2.24) is 0 Å². The number of hydrogen-bond acceptors (Lipinski definition) is 3. The van der Waals surface area contributed by atoms with Crippen LogP contribution >= 0.6 is 27.3 Å². The van der Waals surface area contributed by atoms with Crippen LogP contribution in [0.2, 0.25) is 0 Å². The molecule has 1 aromatic heterocycles. The summed E-state index contributed by atoms with van der Waals surface area (Å²) in [6.45, 7) is 2.90. The molecule has 1 unspecified atom stereocenters. The van der Waals surface area contributed by atoms with Crippen LogP contribution < -0.4 is 5.73 Å². The Morgan fingerprint density at radius 3 is 2.88 bits per heavy atom. The monoisotopic (exact) mass is 317 g/mol. The topological polar surface area (TPSA) is 35.2 Å². The van der Waals surface area contributed by atoms with Gasteiger partial charge in [0.05, 0.1) is 9.89 Å². The summed E-state index contributed by atoms with van der Waals surface area (Å²) < 4.78 is 6.76. The molecule has 1 fully saturated rings. The molecular formula is C13H20BrNOS. The summed E-state index contributed by atoms with van der Waals surface area (Å²) in [4.78, 5) is 1.38. The van der Waals surface area contributed by atoms with Gasteiger partial charge in [0.1, 0.15) is 0 Å². The maximum atomic E-state index is 6.20. The Hall–Kier alpha value is 0.1000. The van der Waals surface area contributed by atoms with E-state index >= 15 is 0 Å². The number of halogens is 1. The predicted octanol–water partition coefficient (Wildman–Crippen LogP) is 3.59. The third kappa shape index (κ3) is 4.05. The number of nitrogens with two attached hydrogens (primary N) is 1. The van der Waals surface area contributed by atoms with Crippen molar-refractivity contribution in [1.29, 1.82) is 0 Å². The van der Waals surface area contributed by atoms with Gasteiger partial charge < -0.3 is 10.5 Å². The van der Waals surface area contributed by atoms with Gasteiger partial charge in [-0.15, -0.1) is 11.3 Å². The summed E-state index contributed by atoms with van der Waals surface area (Å²) in [6, 6.07) is 4.56. The van der Waals surface area contributed by atoms with Crippen LogP contribution in [0.5, 0.6) is 0 Å². The molecular weight excluding hydrogens is 298 g/mol. The molecule has 0 saturated heterocycles. The molecule has 0 bridgehead atoms. The van der Waals surface area contributed by atoms with E-state index < -0.39 is 0 Å². The molecule has 2 rings (SSSR count). The normalized spacial score (nSPS) is 25.6. The van der Waals surface area contributed by atoms with Gasteiger partial charge in [-0.3, -0.25) is 0 Å². The molecule has 0 amide bonds. The molecule has 1 saturated carbocycles. The lowest BCUT2D eigenvalue weighted by molar-refractivity contribution is -0.0280. The number of ether oxygens (including phenoxy) is 1. The van der Waals surface area contributed by atoms with Gasteiger partial charge >= 0.3 is 0 Å². The fourth-order valence-corrected chi connectivity index (χ4v) is 4.05. The summed E-state index contributed by atoms with van der Waals surface area (Å²) in [5.41, 5.74) is 6.20. The van der Waals surface area contributed by atoms with Crippen LogP contribution in [0.3, 0.4) is 0 Å². The molecule has 0 radical (unpaired) electrons. The lowest BCUT2D eigenvalue weighted by atomic mass is 9.78. The zero-order valence-corrected chi connectivity index (χ0v) is 12.6. The minimum Gasteiger partial charge on any atom is -0.378 e. The molecule has 2 N–H and O–H groups in total. The van der Waals surface area contributed by atoms with E-state index in [1.165, 1.54) is 21.5 Å². The molecule has 1 heterocycles. The SMILES string of the molecule is CCOC1CC(CC(N)Cc2ccc(Br)s2)C1. The average Bonchev–Trinajstić information content (AvgIpc) is 2.61. The molecule has 96 valence electrons. The van der Waals surface area contributed by atoms with Crippen molar-refractivity contribution >= 4 is 27.3 Å². The van der Waals surface area contributed by atoms with Gasteiger partial charge in [0.15, 0.2) is 0 Å². The smallest absolute Gasteiger partial charge is 0.0701 e. The van der Waals surface area contributed by atoms with E-state index in [-0.39, 0.29) is 0 Å². The van der Waals surface area contributed by atoms with E-state index in [0.29, 0.717) is 12.1 Å². The molecule has 0 aromatic carbocycles. The van der Waals surface area contributed by atoms with E-state index in [2.05, 4.69) is 35.0 Å². The van der Waals surface area contributed by atoms with Crippen molar-refractivity contribution in [2.24, 2.45) is 11.7 Å². The van der Waals surface area contributed by atoms with E-state index in [1.807, 2.05) is 0 Å². The van der Waals surface area contributed by atoms with Crippen molar-refractivity contribution in [2.75, 3.05) is 6.61 Å². The van der Waals surface area contributed by atoms with Gasteiger partial charge in [0.2, 0.25) is 0 Å². The van der Waals surface area contributed by atoms with Crippen LogP contribution in [0.4, 0.5) is 0 Å². The van der Waals surface area contributed by atoms with Crippen LogP contribution in [0.1, 0.15) is 31.1 Å². The molecule has 2 nitrogen and oxygen atoms in total. The second-order valence-electron chi connectivity index (χ2n) is 4.82. The third-order valence-corrected chi connectivity index (χ3v) is 4.97. The largest absolute Gasteiger partial charge is 0.378 e. The standard InChI is InChI=1S/C13H20BrNOS/c1-2-16-11-6-9(7-11)5-10(15)8-12-3-4-13(14)17-12/h3-4,9-11H,2,5-8,15H2,1H3. The molecule has 1 aromatic rings. The predicted molar refractivity (Wildman–Crippen MR) is 76.5 cm³/mol. The molecule has 1 aliphatic carbocycles. The highest BCUT2D eigenvalue weighted by molar-refractivity contribution is 9.11. The molecule has 0 spiro atoms. The summed E-state index contributed by atoms with van der Waals surface area (Å²) in [5.74, 6) is 0.782. The molecule has 17 heavy (non-hydrogen) atoms. The summed E-state index contributed by atoms with van der Waals surface area (Å²) >= 11 is 5.27. The highest BCUT2D eigenvalue weighted by Gasteiger charge is 2.30. The first-order chi connectivity index (χ1) is 8.17. The zero-order chi connectivity index (χ0) is 12.3. The summed E-state index contributed by atoms with van der Waals surface area (Å²) in [6.07, 6.45) is 5.06. The highest BCUT2D eigenvalue weighted by Crippen LogP contribution is 2.34. The Bertz CT molecular complexity index is 349. The quantitative estimate of drug-likeness (QED) is 0.870. The van der Waals surface area contributed by atoms with Gasteiger partial charge in [0.25, 0.3) is 0 Å². The van der Waals surface area contributed by atoms with Crippen molar-refractivity contribution < 1.29 is 4.74 Å². The molecule has 1 aliphatic rings. The average molecular weight is 318 g/mol. The second kappa shape index (κ2) is 6.32. The summed E-state index contributed by atoms with van der Waals surface area (Å²) in [7, 11) is 0.